The largest absolute Gasteiger partial charge is 0.296 e. The highest BCUT2D eigenvalue weighted by molar-refractivity contribution is 7.13. The molecule has 0 spiro atoms. The lowest BCUT2D eigenvalue weighted by Crippen LogP contribution is -2.03. The van der Waals surface area contributed by atoms with E-state index in [0.29, 0.717) is 16.7 Å². The topological polar surface area (TPSA) is 73.6 Å². The molecule has 0 aliphatic rings. The maximum absolute atomic E-state index is 10.9. The van der Waals surface area contributed by atoms with Crippen molar-refractivity contribution in [2.45, 2.75) is 39.5 Å². The van der Waals surface area contributed by atoms with Crippen molar-refractivity contribution in [1.29, 1.82) is 0 Å². The number of hydrogen-bond acceptors (Lipinski definition) is 6. The van der Waals surface area contributed by atoms with Crippen LogP contribution in [0.25, 0.3) is 5.13 Å². The fourth-order valence-corrected chi connectivity index (χ4v) is 2.39. The molecular formula is C11H15N5OS. The summed E-state index contributed by atoms with van der Waals surface area (Å²) < 4.78 is 1.62. The number of carbonyl (C=O) groups excluding carboxylic acids is 1. The summed E-state index contributed by atoms with van der Waals surface area (Å²) in [6, 6.07) is 0. The Bertz CT molecular complexity index is 545. The lowest BCUT2D eigenvalue weighted by Gasteiger charge is -2.00. The Hall–Kier alpha value is -1.63. The molecule has 2 aromatic rings. The van der Waals surface area contributed by atoms with Gasteiger partial charge in [-0.25, -0.2) is 0 Å². The summed E-state index contributed by atoms with van der Waals surface area (Å²) in [5, 5.41) is 17.7. The summed E-state index contributed by atoms with van der Waals surface area (Å²) in [4.78, 5) is 10.9. The third-order valence-electron chi connectivity index (χ3n) is 2.50. The van der Waals surface area contributed by atoms with Crippen molar-refractivity contribution in [3.8, 4) is 5.13 Å². The normalized spacial score (nSPS) is 11.1. The average molecular weight is 265 g/mol. The maximum Gasteiger partial charge on any atom is 0.234 e. The van der Waals surface area contributed by atoms with Gasteiger partial charge in [0.25, 0.3) is 0 Å². The summed E-state index contributed by atoms with van der Waals surface area (Å²) >= 11 is 1.48. The Morgan fingerprint density at radius 2 is 2.11 bits per heavy atom. The number of nitrogens with zero attached hydrogens (tertiary/aromatic N) is 5. The van der Waals surface area contributed by atoms with E-state index in [2.05, 4.69) is 34.4 Å². The van der Waals surface area contributed by atoms with Gasteiger partial charge in [-0.3, -0.25) is 4.79 Å². The maximum atomic E-state index is 10.9. The van der Waals surface area contributed by atoms with Crippen LogP contribution < -0.4 is 0 Å². The molecule has 6 nitrogen and oxygen atoms in total. The molecule has 0 aliphatic carbocycles. The Labute approximate surface area is 109 Å². The van der Waals surface area contributed by atoms with Gasteiger partial charge in [-0.05, 0) is 6.42 Å². The van der Waals surface area contributed by atoms with E-state index in [9.17, 15) is 4.79 Å². The van der Waals surface area contributed by atoms with E-state index < -0.39 is 0 Å². The minimum Gasteiger partial charge on any atom is -0.296 e. The minimum absolute atomic E-state index is 0.333. The first-order valence-corrected chi connectivity index (χ1v) is 6.72. The average Bonchev–Trinajstić information content (AvgIpc) is 2.95. The van der Waals surface area contributed by atoms with Crippen molar-refractivity contribution >= 4 is 17.6 Å². The summed E-state index contributed by atoms with van der Waals surface area (Å²) in [7, 11) is 0. The van der Waals surface area contributed by atoms with Gasteiger partial charge in [0.15, 0.2) is 6.29 Å². The zero-order chi connectivity index (χ0) is 13.1. The van der Waals surface area contributed by atoms with Crippen molar-refractivity contribution in [2.75, 3.05) is 0 Å². The molecule has 0 fully saturated rings. The smallest absolute Gasteiger partial charge is 0.234 e. The lowest BCUT2D eigenvalue weighted by atomic mass is 10.2. The predicted octanol–water partition coefficient (Wildman–Crippen LogP) is 2.01. The van der Waals surface area contributed by atoms with Crippen LogP contribution in [0.15, 0.2) is 0 Å². The van der Waals surface area contributed by atoms with Crippen LogP contribution >= 0.6 is 11.3 Å². The highest BCUT2D eigenvalue weighted by atomic mass is 32.1. The van der Waals surface area contributed by atoms with Crippen LogP contribution in [-0.2, 0) is 6.42 Å². The van der Waals surface area contributed by atoms with Crippen LogP contribution in [-0.4, -0.2) is 31.5 Å². The van der Waals surface area contributed by atoms with Crippen LogP contribution in [0.1, 0.15) is 54.3 Å². The van der Waals surface area contributed by atoms with Crippen molar-refractivity contribution in [1.82, 2.24) is 25.2 Å². The van der Waals surface area contributed by atoms with Crippen molar-refractivity contribution < 1.29 is 4.79 Å². The van der Waals surface area contributed by atoms with E-state index >= 15 is 0 Å². The second-order valence-electron chi connectivity index (χ2n) is 4.28. The van der Waals surface area contributed by atoms with Crippen LogP contribution in [0.2, 0.25) is 0 Å². The predicted molar refractivity (Wildman–Crippen MR) is 68.3 cm³/mol. The number of aldehydes is 1. The summed E-state index contributed by atoms with van der Waals surface area (Å²) in [6.07, 6.45) is 2.40. The van der Waals surface area contributed by atoms with Gasteiger partial charge in [0.05, 0.1) is 5.69 Å². The van der Waals surface area contributed by atoms with Crippen LogP contribution in [0.3, 0.4) is 0 Å². The number of hydrogen-bond donors (Lipinski definition) is 0. The van der Waals surface area contributed by atoms with Gasteiger partial charge in [0, 0.05) is 5.92 Å². The fraction of sp³-hybridized carbons (Fsp3) is 0.545. The molecule has 18 heavy (non-hydrogen) atoms. The SMILES string of the molecule is CCCc1c(C=O)nnn1-c1nnc(C(C)C)s1. The Balaban J connectivity index is 2.42. The van der Waals surface area contributed by atoms with Gasteiger partial charge < -0.3 is 0 Å². The minimum atomic E-state index is 0.333. The van der Waals surface area contributed by atoms with Gasteiger partial charge in [-0.15, -0.1) is 15.3 Å². The van der Waals surface area contributed by atoms with Gasteiger partial charge in [-0.1, -0.05) is 43.7 Å². The molecule has 0 amide bonds. The van der Waals surface area contributed by atoms with E-state index in [-0.39, 0.29) is 0 Å². The molecule has 0 saturated heterocycles. The third-order valence-corrected chi connectivity index (χ3v) is 3.70. The molecule has 0 saturated carbocycles. The lowest BCUT2D eigenvalue weighted by molar-refractivity contribution is 0.111. The first-order valence-electron chi connectivity index (χ1n) is 5.90. The standard InChI is InChI=1S/C11H15N5OS/c1-4-5-9-8(6-17)12-15-16(9)11-14-13-10(18-11)7(2)3/h6-7H,4-5H2,1-3H3. The number of rotatable bonds is 5. The molecule has 7 heteroatoms. The first-order chi connectivity index (χ1) is 8.67. The first kappa shape index (κ1) is 12.8. The zero-order valence-electron chi connectivity index (χ0n) is 10.6. The molecule has 2 aromatic heterocycles. The van der Waals surface area contributed by atoms with Gasteiger partial charge in [0.2, 0.25) is 5.13 Å². The van der Waals surface area contributed by atoms with E-state index in [1.165, 1.54) is 11.3 Å². The van der Waals surface area contributed by atoms with E-state index in [1.54, 1.807) is 4.68 Å². The highest BCUT2D eigenvalue weighted by Gasteiger charge is 2.17. The van der Waals surface area contributed by atoms with Crippen molar-refractivity contribution in [2.24, 2.45) is 0 Å². The van der Waals surface area contributed by atoms with Crippen molar-refractivity contribution in [3.05, 3.63) is 16.4 Å². The highest BCUT2D eigenvalue weighted by Crippen LogP contribution is 2.23. The molecule has 0 radical (unpaired) electrons. The summed E-state index contributed by atoms with van der Waals surface area (Å²) in [5.41, 5.74) is 1.19. The van der Waals surface area contributed by atoms with Crippen LogP contribution in [0, 0.1) is 0 Å². The van der Waals surface area contributed by atoms with E-state index in [4.69, 9.17) is 0 Å². The van der Waals surface area contributed by atoms with Crippen molar-refractivity contribution in [3.63, 3.8) is 0 Å². The van der Waals surface area contributed by atoms with E-state index in [1.807, 2.05) is 6.92 Å². The fourth-order valence-electron chi connectivity index (χ4n) is 1.57. The van der Waals surface area contributed by atoms with Crippen LogP contribution in [0.4, 0.5) is 0 Å². The molecule has 0 aromatic carbocycles. The molecule has 2 rings (SSSR count). The molecule has 0 unspecified atom stereocenters. The zero-order valence-corrected chi connectivity index (χ0v) is 11.4. The molecule has 0 aliphatic heterocycles. The Morgan fingerprint density at radius 1 is 1.33 bits per heavy atom. The third kappa shape index (κ3) is 2.31. The molecule has 0 bridgehead atoms. The second kappa shape index (κ2) is 5.34. The van der Waals surface area contributed by atoms with Gasteiger partial charge >= 0.3 is 0 Å². The van der Waals surface area contributed by atoms with E-state index in [0.717, 1.165) is 29.8 Å². The summed E-state index contributed by atoms with van der Waals surface area (Å²) in [5.74, 6) is 0.333. The molecule has 96 valence electrons. The second-order valence-corrected chi connectivity index (χ2v) is 5.27. The summed E-state index contributed by atoms with van der Waals surface area (Å²) in [6.45, 7) is 6.18. The number of carbonyl (C=O) groups is 1. The molecular weight excluding hydrogens is 250 g/mol. The Morgan fingerprint density at radius 3 is 2.67 bits per heavy atom. The molecule has 2 heterocycles. The monoisotopic (exact) mass is 265 g/mol. The number of aromatic nitrogens is 5. The molecule has 0 atom stereocenters. The Kier molecular flexibility index (Phi) is 3.81. The van der Waals surface area contributed by atoms with Crippen LogP contribution in [0.5, 0.6) is 0 Å². The van der Waals surface area contributed by atoms with Gasteiger partial charge in [-0.2, -0.15) is 4.68 Å². The molecule has 0 N–H and O–H groups in total. The quantitative estimate of drug-likeness (QED) is 0.773. The van der Waals surface area contributed by atoms with Gasteiger partial charge in [0.1, 0.15) is 10.7 Å².